The molecule has 0 radical (unpaired) electrons. The first-order valence-electron chi connectivity index (χ1n) is 7.92. The molecule has 2 aromatic rings. The van der Waals surface area contributed by atoms with E-state index in [-0.39, 0.29) is 0 Å². The molecule has 0 aliphatic heterocycles. The van der Waals surface area contributed by atoms with Crippen LogP contribution in [0.3, 0.4) is 0 Å². The van der Waals surface area contributed by atoms with Gasteiger partial charge in [0.05, 0.1) is 0 Å². The van der Waals surface area contributed by atoms with Crippen molar-refractivity contribution < 1.29 is 0 Å². The Hall–Kier alpha value is -1.55. The van der Waals surface area contributed by atoms with Gasteiger partial charge in [-0.15, -0.1) is 0 Å². The summed E-state index contributed by atoms with van der Waals surface area (Å²) in [4.78, 5) is 3.32. The quantitative estimate of drug-likeness (QED) is 0.757. The third-order valence-corrected chi connectivity index (χ3v) is 4.56. The number of rotatable bonds is 4. The Morgan fingerprint density at radius 1 is 1.19 bits per heavy atom. The summed E-state index contributed by atoms with van der Waals surface area (Å²) < 4.78 is 0. The molecule has 1 aliphatic rings. The molecule has 1 aromatic heterocycles. The minimum absolute atomic E-state index is 0.576. The predicted molar refractivity (Wildman–Crippen MR) is 92.6 cm³/mol. The second-order valence-electron chi connectivity index (χ2n) is 5.84. The maximum absolute atomic E-state index is 5.40. The van der Waals surface area contributed by atoms with Crippen molar-refractivity contribution in [2.75, 3.05) is 6.54 Å². The van der Waals surface area contributed by atoms with Crippen LogP contribution in [0.2, 0.25) is 0 Å². The number of hydrogen-bond donors (Lipinski definition) is 3. The highest BCUT2D eigenvalue weighted by atomic mass is 32.1. The lowest BCUT2D eigenvalue weighted by Gasteiger charge is -2.24. The van der Waals surface area contributed by atoms with Gasteiger partial charge in [-0.3, -0.25) is 0 Å². The first-order valence-corrected chi connectivity index (χ1v) is 8.33. The van der Waals surface area contributed by atoms with E-state index in [2.05, 4.69) is 46.1 Å². The van der Waals surface area contributed by atoms with Crippen molar-refractivity contribution in [2.24, 2.45) is 0 Å². The van der Waals surface area contributed by atoms with Crippen LogP contribution in [-0.2, 0) is 6.42 Å². The normalized spacial score (nSPS) is 16.0. The Morgan fingerprint density at radius 2 is 2.00 bits per heavy atom. The second kappa shape index (κ2) is 6.94. The molecule has 3 N–H and O–H groups in total. The lowest BCUT2D eigenvalue weighted by molar-refractivity contribution is 0.412. The fraction of sp³-hybridized carbons (Fsp3) is 0.471. The summed E-state index contributed by atoms with van der Waals surface area (Å²) in [6, 6.07) is 9.00. The highest BCUT2D eigenvalue weighted by molar-refractivity contribution is 7.80. The zero-order valence-electron chi connectivity index (χ0n) is 12.3. The van der Waals surface area contributed by atoms with Crippen molar-refractivity contribution in [3.05, 3.63) is 36.0 Å². The average Bonchev–Trinajstić information content (AvgIpc) is 2.92. The Morgan fingerprint density at radius 3 is 2.86 bits per heavy atom. The van der Waals surface area contributed by atoms with E-state index in [1.165, 1.54) is 48.6 Å². The molecule has 0 saturated heterocycles. The van der Waals surface area contributed by atoms with E-state index in [4.69, 9.17) is 12.2 Å². The van der Waals surface area contributed by atoms with Gasteiger partial charge >= 0.3 is 0 Å². The molecule has 4 heteroatoms. The van der Waals surface area contributed by atoms with Gasteiger partial charge in [-0.2, -0.15) is 0 Å². The summed E-state index contributed by atoms with van der Waals surface area (Å²) in [7, 11) is 0. The Bertz CT molecular complexity index is 599. The van der Waals surface area contributed by atoms with Crippen LogP contribution in [0, 0.1) is 0 Å². The minimum atomic E-state index is 0.576. The molecule has 1 aliphatic carbocycles. The van der Waals surface area contributed by atoms with E-state index in [0.717, 1.165) is 18.1 Å². The van der Waals surface area contributed by atoms with E-state index in [9.17, 15) is 0 Å². The first kappa shape index (κ1) is 14.4. The molecule has 1 saturated carbocycles. The summed E-state index contributed by atoms with van der Waals surface area (Å²) in [5.74, 6) is 0. The zero-order valence-corrected chi connectivity index (χ0v) is 13.1. The number of para-hydroxylation sites is 1. The summed E-state index contributed by atoms with van der Waals surface area (Å²) in [6.45, 7) is 0.875. The van der Waals surface area contributed by atoms with Gasteiger partial charge < -0.3 is 15.6 Å². The molecule has 3 nitrogen and oxygen atoms in total. The molecule has 1 aromatic carbocycles. The average molecular weight is 301 g/mol. The van der Waals surface area contributed by atoms with E-state index in [1.54, 1.807) is 0 Å². The summed E-state index contributed by atoms with van der Waals surface area (Å²) in [5.41, 5.74) is 2.55. The number of benzene rings is 1. The third kappa shape index (κ3) is 3.76. The van der Waals surface area contributed by atoms with Crippen LogP contribution in [0.5, 0.6) is 0 Å². The largest absolute Gasteiger partial charge is 0.362 e. The summed E-state index contributed by atoms with van der Waals surface area (Å²) >= 11 is 5.40. The third-order valence-electron chi connectivity index (χ3n) is 4.30. The van der Waals surface area contributed by atoms with Gasteiger partial charge in [0.2, 0.25) is 0 Å². The van der Waals surface area contributed by atoms with Gasteiger partial charge in [0.15, 0.2) is 5.11 Å². The lowest BCUT2D eigenvalue weighted by Crippen LogP contribution is -2.43. The van der Waals surface area contributed by atoms with Crippen LogP contribution in [-0.4, -0.2) is 22.7 Å². The van der Waals surface area contributed by atoms with Gasteiger partial charge in [-0.25, -0.2) is 0 Å². The number of aromatic amines is 1. The standard InChI is InChI=1S/C17H23N3S/c21-17(20-14-6-2-1-3-7-14)18-11-10-13-12-19-16-9-5-4-8-15(13)16/h4-5,8-9,12,14,19H,1-3,6-7,10-11H2,(H2,18,20,21). The van der Waals surface area contributed by atoms with Crippen molar-refractivity contribution in [3.8, 4) is 0 Å². The number of thiocarbonyl (C=S) groups is 1. The van der Waals surface area contributed by atoms with Crippen LogP contribution in [0.4, 0.5) is 0 Å². The SMILES string of the molecule is S=C(NCCc1c[nH]c2ccccc12)NC1CCCCC1. The fourth-order valence-electron chi connectivity index (χ4n) is 3.13. The van der Waals surface area contributed by atoms with Gasteiger partial charge in [0.1, 0.15) is 0 Å². The van der Waals surface area contributed by atoms with Gasteiger partial charge in [0, 0.05) is 29.7 Å². The number of nitrogens with one attached hydrogen (secondary N) is 3. The van der Waals surface area contributed by atoms with Gasteiger partial charge in [-0.1, -0.05) is 37.5 Å². The molecule has 21 heavy (non-hydrogen) atoms. The van der Waals surface area contributed by atoms with Crippen LogP contribution in [0.15, 0.2) is 30.5 Å². The number of aromatic nitrogens is 1. The van der Waals surface area contributed by atoms with Gasteiger partial charge in [0.25, 0.3) is 0 Å². The van der Waals surface area contributed by atoms with Crippen LogP contribution in [0.1, 0.15) is 37.7 Å². The second-order valence-corrected chi connectivity index (χ2v) is 6.25. The number of H-pyrrole nitrogens is 1. The molecule has 0 bridgehead atoms. The molecule has 0 unspecified atom stereocenters. The highest BCUT2D eigenvalue weighted by Crippen LogP contribution is 2.18. The Balaban J connectivity index is 1.46. The minimum Gasteiger partial charge on any atom is -0.362 e. The van der Waals surface area contributed by atoms with E-state index < -0.39 is 0 Å². The van der Waals surface area contributed by atoms with E-state index >= 15 is 0 Å². The summed E-state index contributed by atoms with van der Waals surface area (Å²) in [5, 5.41) is 8.91. The molecular formula is C17H23N3S. The van der Waals surface area contributed by atoms with Crippen molar-refractivity contribution in [1.82, 2.24) is 15.6 Å². The Labute approximate surface area is 131 Å². The molecule has 1 heterocycles. The lowest BCUT2D eigenvalue weighted by atomic mass is 9.96. The first-order chi connectivity index (χ1) is 10.3. The molecule has 0 atom stereocenters. The Kier molecular flexibility index (Phi) is 4.76. The predicted octanol–water partition coefficient (Wildman–Crippen LogP) is 3.51. The van der Waals surface area contributed by atoms with Crippen molar-refractivity contribution in [2.45, 2.75) is 44.6 Å². The molecule has 0 amide bonds. The van der Waals surface area contributed by atoms with Gasteiger partial charge in [-0.05, 0) is 43.1 Å². The topological polar surface area (TPSA) is 39.9 Å². The van der Waals surface area contributed by atoms with Crippen molar-refractivity contribution in [1.29, 1.82) is 0 Å². The van der Waals surface area contributed by atoms with Crippen LogP contribution < -0.4 is 10.6 Å². The maximum Gasteiger partial charge on any atom is 0.166 e. The van der Waals surface area contributed by atoms with Crippen molar-refractivity contribution >= 4 is 28.2 Å². The monoisotopic (exact) mass is 301 g/mol. The van der Waals surface area contributed by atoms with Crippen LogP contribution >= 0.6 is 12.2 Å². The molecule has 0 spiro atoms. The summed E-state index contributed by atoms with van der Waals surface area (Å²) in [6.07, 6.45) is 9.62. The number of fused-ring (bicyclic) bond motifs is 1. The molecular weight excluding hydrogens is 278 g/mol. The van der Waals surface area contributed by atoms with Crippen molar-refractivity contribution in [3.63, 3.8) is 0 Å². The zero-order chi connectivity index (χ0) is 14.5. The van der Waals surface area contributed by atoms with E-state index in [1.807, 2.05) is 0 Å². The fourth-order valence-corrected chi connectivity index (χ4v) is 3.40. The molecule has 1 fully saturated rings. The highest BCUT2D eigenvalue weighted by Gasteiger charge is 2.13. The smallest absolute Gasteiger partial charge is 0.166 e. The number of hydrogen-bond acceptors (Lipinski definition) is 1. The molecule has 112 valence electrons. The van der Waals surface area contributed by atoms with Crippen LogP contribution in [0.25, 0.3) is 10.9 Å². The van der Waals surface area contributed by atoms with E-state index in [0.29, 0.717) is 6.04 Å². The molecule has 3 rings (SSSR count). The maximum atomic E-state index is 5.40.